The summed E-state index contributed by atoms with van der Waals surface area (Å²) in [6.45, 7) is 2.44. The molecule has 1 fully saturated rings. The molecule has 0 bridgehead atoms. The van der Waals surface area contributed by atoms with Crippen LogP contribution in [0.15, 0.2) is 6.33 Å². The van der Waals surface area contributed by atoms with Crippen molar-refractivity contribution in [3.63, 3.8) is 0 Å². The monoisotopic (exact) mass is 267 g/mol. The van der Waals surface area contributed by atoms with Crippen LogP contribution in [0.25, 0.3) is 0 Å². The second-order valence-electron chi connectivity index (χ2n) is 5.38. The number of carbonyl (C=O) groups excluding carboxylic acids is 1. The highest BCUT2D eigenvalue weighted by molar-refractivity contribution is 5.74. The molecule has 2 atom stereocenters. The molecule has 7 nitrogen and oxygen atoms in total. The molecule has 106 valence electrons. The van der Waals surface area contributed by atoms with Crippen LogP contribution in [0.4, 0.5) is 4.79 Å². The summed E-state index contributed by atoms with van der Waals surface area (Å²) >= 11 is 0. The Bertz CT molecular complexity index is 447. The lowest BCUT2D eigenvalue weighted by molar-refractivity contribution is 0.121. The van der Waals surface area contributed by atoms with Crippen LogP contribution in [-0.4, -0.2) is 38.6 Å². The molecule has 1 aliphatic carbocycles. The number of nitrogens with one attached hydrogen (secondary N) is 2. The summed E-state index contributed by atoms with van der Waals surface area (Å²) < 4.78 is 1.62. The van der Waals surface area contributed by atoms with E-state index in [-0.39, 0.29) is 24.1 Å². The van der Waals surface area contributed by atoms with E-state index in [1.807, 2.05) is 6.92 Å². The summed E-state index contributed by atoms with van der Waals surface area (Å²) in [5.74, 6) is 0.700. The Morgan fingerprint density at radius 1 is 1.68 bits per heavy atom. The molecule has 2 rings (SSSR count). The Balaban J connectivity index is 1.83. The molecule has 0 spiro atoms. The zero-order chi connectivity index (χ0) is 13.9. The topological polar surface area (TPSA) is 92.1 Å². The summed E-state index contributed by atoms with van der Waals surface area (Å²) in [6, 6.07) is -0.202. The van der Waals surface area contributed by atoms with Gasteiger partial charge in [0.1, 0.15) is 12.2 Å². The average Bonchev–Trinajstić information content (AvgIpc) is 2.95. The molecule has 0 radical (unpaired) electrons. The second-order valence-corrected chi connectivity index (χ2v) is 5.38. The van der Waals surface area contributed by atoms with Gasteiger partial charge in [0.05, 0.1) is 13.2 Å². The molecule has 0 saturated heterocycles. The van der Waals surface area contributed by atoms with Gasteiger partial charge in [-0.15, -0.1) is 0 Å². The minimum atomic E-state index is -0.227. The highest BCUT2D eigenvalue weighted by Crippen LogP contribution is 2.37. The number of urea groups is 1. The molecular weight excluding hydrogens is 246 g/mol. The standard InChI is InChI=1S/C12H21N5O2/c1-12(7-18)5-3-4-9(12)16-11(19)13-6-10-14-8-15-17(10)2/h8-9,18H,3-7H2,1-2H3,(H2,13,16,19). The molecule has 1 heterocycles. The lowest BCUT2D eigenvalue weighted by Crippen LogP contribution is -2.48. The maximum Gasteiger partial charge on any atom is 0.315 e. The van der Waals surface area contributed by atoms with Gasteiger partial charge in [-0.25, -0.2) is 9.78 Å². The van der Waals surface area contributed by atoms with Crippen molar-refractivity contribution in [3.05, 3.63) is 12.2 Å². The molecule has 19 heavy (non-hydrogen) atoms. The molecule has 1 aliphatic rings. The van der Waals surface area contributed by atoms with Crippen LogP contribution in [-0.2, 0) is 13.6 Å². The van der Waals surface area contributed by atoms with E-state index in [0.29, 0.717) is 12.4 Å². The number of hydrogen-bond donors (Lipinski definition) is 3. The second kappa shape index (κ2) is 5.56. The lowest BCUT2D eigenvalue weighted by Gasteiger charge is -2.30. The van der Waals surface area contributed by atoms with E-state index in [2.05, 4.69) is 20.7 Å². The van der Waals surface area contributed by atoms with Crippen molar-refractivity contribution in [1.82, 2.24) is 25.4 Å². The first-order chi connectivity index (χ1) is 9.05. The third-order valence-corrected chi connectivity index (χ3v) is 3.96. The minimum Gasteiger partial charge on any atom is -0.396 e. The van der Waals surface area contributed by atoms with Gasteiger partial charge < -0.3 is 15.7 Å². The zero-order valence-electron chi connectivity index (χ0n) is 11.4. The Hall–Kier alpha value is -1.63. The third-order valence-electron chi connectivity index (χ3n) is 3.96. The van der Waals surface area contributed by atoms with Gasteiger partial charge in [-0.1, -0.05) is 13.3 Å². The molecule has 3 N–H and O–H groups in total. The fraction of sp³-hybridized carbons (Fsp3) is 0.750. The average molecular weight is 267 g/mol. The Labute approximate surface area is 112 Å². The summed E-state index contributed by atoms with van der Waals surface area (Å²) in [4.78, 5) is 15.9. The van der Waals surface area contributed by atoms with E-state index in [1.165, 1.54) is 6.33 Å². The highest BCUT2D eigenvalue weighted by Gasteiger charge is 2.39. The molecule has 7 heteroatoms. The maximum absolute atomic E-state index is 11.8. The molecular formula is C12H21N5O2. The van der Waals surface area contributed by atoms with Crippen LogP contribution in [0, 0.1) is 5.41 Å². The van der Waals surface area contributed by atoms with Gasteiger partial charge in [0.2, 0.25) is 0 Å². The number of carbonyl (C=O) groups is 1. The minimum absolute atomic E-state index is 0.0250. The fourth-order valence-electron chi connectivity index (χ4n) is 2.52. The van der Waals surface area contributed by atoms with Crippen LogP contribution < -0.4 is 10.6 Å². The first-order valence-electron chi connectivity index (χ1n) is 6.53. The van der Waals surface area contributed by atoms with E-state index >= 15 is 0 Å². The molecule has 2 amide bonds. The van der Waals surface area contributed by atoms with Crippen molar-refractivity contribution < 1.29 is 9.90 Å². The quantitative estimate of drug-likeness (QED) is 0.725. The molecule has 0 aromatic carbocycles. The number of nitrogens with zero attached hydrogens (tertiary/aromatic N) is 3. The van der Waals surface area contributed by atoms with E-state index in [0.717, 1.165) is 19.3 Å². The number of aryl methyl sites for hydroxylation is 1. The number of rotatable bonds is 4. The molecule has 1 aromatic heterocycles. The highest BCUT2D eigenvalue weighted by atomic mass is 16.3. The molecule has 0 aliphatic heterocycles. The summed E-state index contributed by atoms with van der Waals surface area (Å²) in [7, 11) is 1.78. The van der Waals surface area contributed by atoms with Crippen molar-refractivity contribution in [3.8, 4) is 0 Å². The van der Waals surface area contributed by atoms with Crippen LogP contribution in [0.1, 0.15) is 32.0 Å². The van der Waals surface area contributed by atoms with Crippen LogP contribution in [0.2, 0.25) is 0 Å². The van der Waals surface area contributed by atoms with Crippen LogP contribution >= 0.6 is 0 Å². The zero-order valence-corrected chi connectivity index (χ0v) is 11.4. The molecule has 1 saturated carbocycles. The summed E-state index contributed by atoms with van der Waals surface area (Å²) in [5, 5.41) is 19.1. The Kier molecular flexibility index (Phi) is 4.04. The van der Waals surface area contributed by atoms with Crippen LogP contribution in [0.3, 0.4) is 0 Å². The SMILES string of the molecule is Cn1ncnc1CNC(=O)NC1CCCC1(C)CO. The predicted octanol–water partition coefficient (Wildman–Crippen LogP) is 0.165. The van der Waals surface area contributed by atoms with Crippen molar-refractivity contribution in [2.24, 2.45) is 12.5 Å². The van der Waals surface area contributed by atoms with E-state index in [1.54, 1.807) is 11.7 Å². The maximum atomic E-state index is 11.8. The summed E-state index contributed by atoms with van der Waals surface area (Å²) in [5.41, 5.74) is -0.206. The van der Waals surface area contributed by atoms with Gasteiger partial charge in [-0.3, -0.25) is 4.68 Å². The van der Waals surface area contributed by atoms with E-state index in [9.17, 15) is 9.90 Å². The number of hydrogen-bond acceptors (Lipinski definition) is 4. The number of aromatic nitrogens is 3. The van der Waals surface area contributed by atoms with Crippen molar-refractivity contribution >= 4 is 6.03 Å². The normalized spacial score (nSPS) is 26.4. The fourth-order valence-corrected chi connectivity index (χ4v) is 2.52. The number of aliphatic hydroxyl groups is 1. The Morgan fingerprint density at radius 2 is 2.47 bits per heavy atom. The van der Waals surface area contributed by atoms with Crippen molar-refractivity contribution in [1.29, 1.82) is 0 Å². The molecule has 2 unspecified atom stereocenters. The molecule has 1 aromatic rings. The first kappa shape index (κ1) is 13.8. The van der Waals surface area contributed by atoms with E-state index in [4.69, 9.17) is 0 Å². The first-order valence-corrected chi connectivity index (χ1v) is 6.53. The van der Waals surface area contributed by atoms with Gasteiger partial charge in [-0.2, -0.15) is 5.10 Å². The lowest BCUT2D eigenvalue weighted by atomic mass is 9.86. The van der Waals surface area contributed by atoms with Crippen molar-refractivity contribution in [2.45, 2.75) is 38.8 Å². The largest absolute Gasteiger partial charge is 0.396 e. The number of amides is 2. The van der Waals surface area contributed by atoms with Gasteiger partial charge in [0.25, 0.3) is 0 Å². The van der Waals surface area contributed by atoms with Crippen LogP contribution in [0.5, 0.6) is 0 Å². The predicted molar refractivity (Wildman–Crippen MR) is 69.2 cm³/mol. The van der Waals surface area contributed by atoms with Gasteiger partial charge >= 0.3 is 6.03 Å². The van der Waals surface area contributed by atoms with Gasteiger partial charge in [-0.05, 0) is 12.8 Å². The third kappa shape index (κ3) is 3.04. The van der Waals surface area contributed by atoms with Gasteiger partial charge in [0, 0.05) is 18.5 Å². The smallest absolute Gasteiger partial charge is 0.315 e. The van der Waals surface area contributed by atoms with E-state index < -0.39 is 0 Å². The van der Waals surface area contributed by atoms with Crippen molar-refractivity contribution in [2.75, 3.05) is 6.61 Å². The number of aliphatic hydroxyl groups excluding tert-OH is 1. The Morgan fingerprint density at radius 3 is 3.11 bits per heavy atom. The van der Waals surface area contributed by atoms with Gasteiger partial charge in [0.15, 0.2) is 0 Å². The summed E-state index contributed by atoms with van der Waals surface area (Å²) in [6.07, 6.45) is 4.34.